The Bertz CT molecular complexity index is 831. The van der Waals surface area contributed by atoms with E-state index in [1.807, 2.05) is 25.1 Å². The van der Waals surface area contributed by atoms with E-state index in [1.54, 1.807) is 24.5 Å². The van der Waals surface area contributed by atoms with Crippen LogP contribution < -0.4 is 5.73 Å². The van der Waals surface area contributed by atoms with Crippen LogP contribution in [-0.2, 0) is 6.54 Å². The Morgan fingerprint density at radius 3 is 2.52 bits per heavy atom. The van der Waals surface area contributed by atoms with Crippen LogP contribution in [0.3, 0.4) is 0 Å². The first-order valence-electron chi connectivity index (χ1n) is 7.01. The molecule has 0 saturated carbocycles. The Labute approximate surface area is 132 Å². The fraction of sp³-hybridized carbons (Fsp3) is 0.188. The monoisotopic (exact) mass is 313 g/mol. The molecule has 0 amide bonds. The van der Waals surface area contributed by atoms with Crippen LogP contribution in [0, 0.1) is 5.82 Å². The molecular formula is C16H16FN5O. The van der Waals surface area contributed by atoms with E-state index in [-0.39, 0.29) is 17.7 Å². The fourth-order valence-electron chi connectivity index (χ4n) is 2.26. The molecule has 7 heteroatoms. The lowest BCUT2D eigenvalue weighted by molar-refractivity contribution is 0.392. The highest BCUT2D eigenvalue weighted by atomic mass is 19.1. The summed E-state index contributed by atoms with van der Waals surface area (Å²) in [5.74, 6) is 0.0326. The van der Waals surface area contributed by atoms with Crippen molar-refractivity contribution in [3.63, 3.8) is 0 Å². The van der Waals surface area contributed by atoms with Gasteiger partial charge in [0.25, 0.3) is 5.89 Å². The Hall–Kier alpha value is -2.80. The molecule has 3 aromatic rings. The first-order chi connectivity index (χ1) is 11.0. The summed E-state index contributed by atoms with van der Waals surface area (Å²) in [6.07, 6.45) is 3.25. The van der Waals surface area contributed by atoms with Crippen molar-refractivity contribution in [2.45, 2.75) is 6.54 Å². The lowest BCUT2D eigenvalue weighted by Crippen LogP contribution is -2.11. The van der Waals surface area contributed by atoms with Gasteiger partial charge in [-0.25, -0.2) is 4.39 Å². The summed E-state index contributed by atoms with van der Waals surface area (Å²) in [5.41, 5.74) is 8.19. The third kappa shape index (κ3) is 3.35. The van der Waals surface area contributed by atoms with Gasteiger partial charge in [-0.2, -0.15) is 0 Å². The van der Waals surface area contributed by atoms with Crippen molar-refractivity contribution in [2.75, 3.05) is 19.8 Å². The van der Waals surface area contributed by atoms with Crippen LogP contribution in [0.1, 0.15) is 5.56 Å². The highest BCUT2D eigenvalue weighted by molar-refractivity contribution is 5.68. The minimum atomic E-state index is -0.247. The van der Waals surface area contributed by atoms with Crippen molar-refractivity contribution in [3.05, 3.63) is 48.0 Å². The van der Waals surface area contributed by atoms with Crippen LogP contribution in [0.15, 0.2) is 41.1 Å². The number of benzene rings is 1. The van der Waals surface area contributed by atoms with E-state index in [0.29, 0.717) is 17.7 Å². The normalized spacial score (nSPS) is 11.1. The second-order valence-electron chi connectivity index (χ2n) is 5.45. The molecule has 1 aromatic carbocycles. The molecule has 0 spiro atoms. The lowest BCUT2D eigenvalue weighted by Gasteiger charge is -2.11. The van der Waals surface area contributed by atoms with Crippen LogP contribution in [0.25, 0.3) is 22.6 Å². The third-order valence-electron chi connectivity index (χ3n) is 3.30. The average molecular weight is 313 g/mol. The van der Waals surface area contributed by atoms with E-state index in [9.17, 15) is 4.39 Å². The number of aromatic nitrogens is 3. The summed E-state index contributed by atoms with van der Waals surface area (Å²) >= 11 is 0. The number of hydrogen-bond donors (Lipinski definition) is 1. The van der Waals surface area contributed by atoms with Crippen molar-refractivity contribution in [2.24, 2.45) is 0 Å². The second-order valence-corrected chi connectivity index (χ2v) is 5.45. The summed E-state index contributed by atoms with van der Waals surface area (Å²) < 4.78 is 19.4. The van der Waals surface area contributed by atoms with Crippen LogP contribution in [0.4, 0.5) is 10.4 Å². The lowest BCUT2D eigenvalue weighted by atomic mass is 10.0. The maximum Gasteiger partial charge on any atom is 0.313 e. The number of rotatable bonds is 4. The van der Waals surface area contributed by atoms with E-state index < -0.39 is 0 Å². The number of nitrogens with two attached hydrogens (primary N) is 1. The smallest absolute Gasteiger partial charge is 0.313 e. The van der Waals surface area contributed by atoms with Crippen LogP contribution in [0.5, 0.6) is 0 Å². The molecule has 0 aliphatic carbocycles. The Kier molecular flexibility index (Phi) is 4.03. The van der Waals surface area contributed by atoms with Gasteiger partial charge in [-0.1, -0.05) is 17.2 Å². The van der Waals surface area contributed by atoms with Crippen molar-refractivity contribution in [1.82, 2.24) is 20.1 Å². The quantitative estimate of drug-likeness (QED) is 0.797. The summed E-state index contributed by atoms with van der Waals surface area (Å²) in [4.78, 5) is 6.06. The minimum Gasteiger partial charge on any atom is -0.403 e. The number of nitrogens with zero attached hydrogens (tertiary/aromatic N) is 4. The summed E-state index contributed by atoms with van der Waals surface area (Å²) in [6.45, 7) is 0.547. The van der Waals surface area contributed by atoms with Gasteiger partial charge in [0.05, 0.1) is 5.56 Å². The molecule has 0 radical (unpaired) electrons. The fourth-order valence-corrected chi connectivity index (χ4v) is 2.26. The minimum absolute atomic E-state index is 0.00974. The Morgan fingerprint density at radius 1 is 1.09 bits per heavy atom. The predicted octanol–water partition coefficient (Wildman–Crippen LogP) is 2.58. The molecule has 0 aliphatic heterocycles. The van der Waals surface area contributed by atoms with Gasteiger partial charge in [-0.05, 0) is 31.8 Å². The van der Waals surface area contributed by atoms with Gasteiger partial charge in [-0.3, -0.25) is 4.98 Å². The average Bonchev–Trinajstić information content (AvgIpc) is 2.96. The predicted molar refractivity (Wildman–Crippen MR) is 84.7 cm³/mol. The number of halogens is 1. The summed E-state index contributed by atoms with van der Waals surface area (Å²) in [7, 11) is 3.80. The van der Waals surface area contributed by atoms with Crippen molar-refractivity contribution in [3.8, 4) is 22.6 Å². The standard InChI is InChI=1S/C16H16FN5O/c1-22(2)9-11-4-3-10(6-14(11)17)12-5-13(8-19-7-12)15-20-21-16(18)23-15/h3-8H,9H2,1-2H3,(H2,18,21). The summed E-state index contributed by atoms with van der Waals surface area (Å²) in [6, 6.07) is 6.94. The topological polar surface area (TPSA) is 81.1 Å². The Balaban J connectivity index is 1.94. The van der Waals surface area contributed by atoms with E-state index in [1.165, 1.54) is 6.07 Å². The summed E-state index contributed by atoms with van der Waals surface area (Å²) in [5, 5.41) is 7.44. The van der Waals surface area contributed by atoms with E-state index in [2.05, 4.69) is 15.2 Å². The molecule has 0 saturated heterocycles. The molecule has 2 heterocycles. The largest absolute Gasteiger partial charge is 0.403 e. The van der Waals surface area contributed by atoms with E-state index >= 15 is 0 Å². The molecule has 118 valence electrons. The zero-order valence-electron chi connectivity index (χ0n) is 12.8. The molecule has 6 nitrogen and oxygen atoms in total. The maximum absolute atomic E-state index is 14.2. The van der Waals surface area contributed by atoms with E-state index in [0.717, 1.165) is 11.1 Å². The molecule has 0 fully saturated rings. The van der Waals surface area contributed by atoms with Gasteiger partial charge in [0.15, 0.2) is 0 Å². The van der Waals surface area contributed by atoms with Crippen LogP contribution in [-0.4, -0.2) is 34.2 Å². The first kappa shape index (κ1) is 15.1. The highest BCUT2D eigenvalue weighted by Crippen LogP contribution is 2.26. The maximum atomic E-state index is 14.2. The van der Waals surface area contributed by atoms with Crippen LogP contribution >= 0.6 is 0 Å². The number of anilines is 1. The molecule has 3 rings (SSSR count). The van der Waals surface area contributed by atoms with Crippen molar-refractivity contribution >= 4 is 6.01 Å². The molecule has 0 aliphatic rings. The van der Waals surface area contributed by atoms with Gasteiger partial charge in [0, 0.05) is 30.1 Å². The van der Waals surface area contributed by atoms with E-state index in [4.69, 9.17) is 10.2 Å². The molecule has 0 unspecified atom stereocenters. The second kappa shape index (κ2) is 6.13. The third-order valence-corrected chi connectivity index (χ3v) is 3.30. The van der Waals surface area contributed by atoms with Gasteiger partial charge < -0.3 is 15.1 Å². The van der Waals surface area contributed by atoms with Gasteiger partial charge >= 0.3 is 6.01 Å². The van der Waals surface area contributed by atoms with Crippen LogP contribution in [0.2, 0.25) is 0 Å². The van der Waals surface area contributed by atoms with Crippen molar-refractivity contribution < 1.29 is 8.81 Å². The molecule has 2 N–H and O–H groups in total. The number of nitrogen functional groups attached to an aromatic ring is 1. The van der Waals surface area contributed by atoms with Gasteiger partial charge in [0.2, 0.25) is 0 Å². The molecular weight excluding hydrogens is 297 g/mol. The van der Waals surface area contributed by atoms with Gasteiger partial charge in [-0.15, -0.1) is 5.10 Å². The number of hydrogen-bond acceptors (Lipinski definition) is 6. The molecule has 0 bridgehead atoms. The zero-order chi connectivity index (χ0) is 16.4. The highest BCUT2D eigenvalue weighted by Gasteiger charge is 2.10. The zero-order valence-corrected chi connectivity index (χ0v) is 12.8. The molecule has 2 aromatic heterocycles. The van der Waals surface area contributed by atoms with Gasteiger partial charge in [0.1, 0.15) is 5.82 Å². The molecule has 23 heavy (non-hydrogen) atoms. The number of pyridine rings is 1. The first-order valence-corrected chi connectivity index (χ1v) is 7.01. The Morgan fingerprint density at radius 2 is 1.87 bits per heavy atom. The van der Waals surface area contributed by atoms with Crippen molar-refractivity contribution in [1.29, 1.82) is 0 Å². The SMILES string of the molecule is CN(C)Cc1ccc(-c2cncc(-c3nnc(N)o3)c2)cc1F. The molecule has 0 atom stereocenters.